The van der Waals surface area contributed by atoms with Gasteiger partial charge in [-0.3, -0.25) is 14.9 Å². The molecule has 2 aromatic heterocycles. The normalized spacial score (nSPS) is 11.8. The van der Waals surface area contributed by atoms with Crippen LogP contribution >= 0.6 is 0 Å². The van der Waals surface area contributed by atoms with Crippen molar-refractivity contribution >= 4 is 17.5 Å². The number of rotatable bonds is 10. The Morgan fingerprint density at radius 2 is 2.09 bits per heavy atom. The lowest BCUT2D eigenvalue weighted by Gasteiger charge is -2.22. The predicted molar refractivity (Wildman–Crippen MR) is 112 cm³/mol. The van der Waals surface area contributed by atoms with Crippen LogP contribution in [0.4, 0.5) is 11.5 Å². The molecule has 33 heavy (non-hydrogen) atoms. The Kier molecular flexibility index (Phi) is 6.53. The first-order valence-electron chi connectivity index (χ1n) is 10.0. The van der Waals surface area contributed by atoms with E-state index in [0.717, 1.165) is 6.33 Å². The number of hydrogen-bond donors (Lipinski definition) is 0. The number of nitrogens with zero attached hydrogens (tertiary/aromatic N) is 4. The van der Waals surface area contributed by atoms with Crippen molar-refractivity contribution in [2.75, 3.05) is 24.8 Å². The van der Waals surface area contributed by atoms with Crippen LogP contribution in [0.2, 0.25) is 0 Å². The molecule has 172 valence electrons. The third kappa shape index (κ3) is 5.11. The van der Waals surface area contributed by atoms with E-state index in [1.807, 2.05) is 0 Å². The average Bonchev–Trinajstić information content (AvgIpc) is 3.48. The van der Waals surface area contributed by atoms with Crippen molar-refractivity contribution in [1.82, 2.24) is 9.97 Å². The van der Waals surface area contributed by atoms with Crippen LogP contribution < -0.4 is 19.1 Å². The van der Waals surface area contributed by atoms with Crippen LogP contribution in [0.1, 0.15) is 19.1 Å². The highest BCUT2D eigenvalue weighted by atomic mass is 16.7. The number of nitro groups is 1. The average molecular weight is 456 g/mol. The Morgan fingerprint density at radius 1 is 1.24 bits per heavy atom. The van der Waals surface area contributed by atoms with E-state index in [9.17, 15) is 14.9 Å². The number of furan rings is 1. The first-order valence-corrected chi connectivity index (χ1v) is 10.0. The summed E-state index contributed by atoms with van der Waals surface area (Å²) in [5.74, 6) is 1.09. The Morgan fingerprint density at radius 3 is 2.85 bits per heavy atom. The van der Waals surface area contributed by atoms with E-state index in [-0.39, 0.29) is 50.4 Å². The second-order valence-corrected chi connectivity index (χ2v) is 6.78. The van der Waals surface area contributed by atoms with Crippen molar-refractivity contribution in [3.8, 4) is 23.1 Å². The lowest BCUT2D eigenvalue weighted by Crippen LogP contribution is -2.28. The number of ether oxygens (including phenoxy) is 4. The quantitative estimate of drug-likeness (QED) is 0.252. The molecule has 0 amide bonds. The van der Waals surface area contributed by atoms with Crippen molar-refractivity contribution in [3.63, 3.8) is 0 Å². The smallest absolute Gasteiger partial charge is 0.373 e. The van der Waals surface area contributed by atoms with Gasteiger partial charge < -0.3 is 28.3 Å². The van der Waals surface area contributed by atoms with Gasteiger partial charge in [-0.2, -0.15) is 4.98 Å². The fourth-order valence-corrected chi connectivity index (χ4v) is 3.18. The molecular formula is C21H20N4O8. The van der Waals surface area contributed by atoms with Gasteiger partial charge >= 0.3 is 17.5 Å². The number of fused-ring (bicyclic) bond motifs is 1. The summed E-state index contributed by atoms with van der Waals surface area (Å²) in [6.45, 7) is 2.25. The SMILES string of the molecule is CCOC(=O)CCN(Cc1ccco1)c1ncnc(Oc2ccc3c(c2)OCO3)c1[N+](=O)[O-]. The van der Waals surface area contributed by atoms with Crippen molar-refractivity contribution in [2.24, 2.45) is 0 Å². The summed E-state index contributed by atoms with van der Waals surface area (Å²) in [5, 5.41) is 12.0. The van der Waals surface area contributed by atoms with Gasteiger partial charge in [0.05, 0.1) is 30.8 Å². The third-order valence-electron chi connectivity index (χ3n) is 4.63. The van der Waals surface area contributed by atoms with Gasteiger partial charge in [0, 0.05) is 12.6 Å². The Balaban J connectivity index is 1.65. The van der Waals surface area contributed by atoms with E-state index in [1.54, 1.807) is 42.2 Å². The molecular weight excluding hydrogens is 436 g/mol. The first-order chi connectivity index (χ1) is 16.0. The number of carbonyl (C=O) groups excluding carboxylic acids is 1. The van der Waals surface area contributed by atoms with Gasteiger partial charge in [0.1, 0.15) is 17.8 Å². The molecule has 1 aliphatic heterocycles. The minimum absolute atomic E-state index is 0.00590. The fraction of sp³-hybridized carbons (Fsp3) is 0.286. The van der Waals surface area contributed by atoms with Crippen LogP contribution in [0.15, 0.2) is 47.3 Å². The lowest BCUT2D eigenvalue weighted by atomic mass is 10.3. The van der Waals surface area contributed by atoms with Crippen LogP contribution in [-0.2, 0) is 16.1 Å². The monoisotopic (exact) mass is 456 g/mol. The molecule has 0 fully saturated rings. The Bertz CT molecular complexity index is 1140. The second kappa shape index (κ2) is 9.85. The summed E-state index contributed by atoms with van der Waals surface area (Å²) in [7, 11) is 0. The molecule has 1 aliphatic rings. The molecule has 3 heterocycles. The number of anilines is 1. The summed E-state index contributed by atoms with van der Waals surface area (Å²) in [6.07, 6.45) is 2.64. The van der Waals surface area contributed by atoms with Gasteiger partial charge in [-0.1, -0.05) is 0 Å². The zero-order chi connectivity index (χ0) is 23.2. The minimum atomic E-state index is -0.628. The van der Waals surface area contributed by atoms with Crippen molar-refractivity contribution in [1.29, 1.82) is 0 Å². The van der Waals surface area contributed by atoms with Gasteiger partial charge in [0.2, 0.25) is 12.6 Å². The Hall–Kier alpha value is -4.35. The fourth-order valence-electron chi connectivity index (χ4n) is 3.18. The highest BCUT2D eigenvalue weighted by Gasteiger charge is 2.30. The summed E-state index contributed by atoms with van der Waals surface area (Å²) in [6, 6.07) is 8.18. The molecule has 4 rings (SSSR count). The van der Waals surface area contributed by atoms with Gasteiger partial charge in [-0.15, -0.1) is 0 Å². The topological polar surface area (TPSA) is 139 Å². The molecule has 0 aliphatic carbocycles. The largest absolute Gasteiger partial charge is 0.467 e. The van der Waals surface area contributed by atoms with E-state index in [0.29, 0.717) is 17.3 Å². The molecule has 0 atom stereocenters. The maximum atomic E-state index is 12.0. The van der Waals surface area contributed by atoms with Crippen molar-refractivity contribution < 1.29 is 33.1 Å². The number of carbonyl (C=O) groups is 1. The lowest BCUT2D eigenvalue weighted by molar-refractivity contribution is -0.385. The van der Waals surface area contributed by atoms with Gasteiger partial charge in [0.15, 0.2) is 11.5 Å². The molecule has 1 aromatic carbocycles. The van der Waals surface area contributed by atoms with E-state index in [1.165, 1.54) is 6.26 Å². The maximum absolute atomic E-state index is 12.0. The highest BCUT2D eigenvalue weighted by molar-refractivity contribution is 5.71. The molecule has 0 bridgehead atoms. The number of benzene rings is 1. The second-order valence-electron chi connectivity index (χ2n) is 6.78. The van der Waals surface area contributed by atoms with Gasteiger partial charge in [0.25, 0.3) is 0 Å². The van der Waals surface area contributed by atoms with Crippen LogP contribution in [0.25, 0.3) is 0 Å². The van der Waals surface area contributed by atoms with E-state index in [4.69, 9.17) is 23.4 Å². The zero-order valence-corrected chi connectivity index (χ0v) is 17.6. The molecule has 0 radical (unpaired) electrons. The predicted octanol–water partition coefficient (Wildman–Crippen LogP) is 3.46. The van der Waals surface area contributed by atoms with E-state index >= 15 is 0 Å². The molecule has 0 spiro atoms. The van der Waals surface area contributed by atoms with E-state index < -0.39 is 16.6 Å². The van der Waals surface area contributed by atoms with Crippen molar-refractivity contribution in [2.45, 2.75) is 19.9 Å². The third-order valence-corrected chi connectivity index (χ3v) is 4.63. The standard InChI is InChI=1S/C21H20N4O8/c1-2-29-18(26)7-8-24(11-15-4-3-9-30-15)20-19(25(27)28)21(23-12-22-20)33-14-5-6-16-17(10-14)32-13-31-16/h3-6,9-10,12H,2,7-8,11,13H2,1H3. The number of aromatic nitrogens is 2. The molecule has 0 saturated carbocycles. The minimum Gasteiger partial charge on any atom is -0.467 e. The van der Waals surface area contributed by atoms with Crippen LogP contribution in [0, 0.1) is 10.1 Å². The molecule has 0 saturated heterocycles. The molecule has 3 aromatic rings. The molecule has 0 unspecified atom stereocenters. The summed E-state index contributed by atoms with van der Waals surface area (Å²) < 4.78 is 26.7. The summed E-state index contributed by atoms with van der Waals surface area (Å²) in [5.41, 5.74) is -0.453. The van der Waals surface area contributed by atoms with Crippen LogP contribution in [0.5, 0.6) is 23.1 Å². The molecule has 0 N–H and O–H groups in total. The van der Waals surface area contributed by atoms with Gasteiger partial charge in [-0.05, 0) is 31.2 Å². The van der Waals surface area contributed by atoms with Crippen LogP contribution in [0.3, 0.4) is 0 Å². The van der Waals surface area contributed by atoms with Crippen LogP contribution in [-0.4, -0.2) is 40.8 Å². The first kappa shape index (κ1) is 21.9. The zero-order valence-electron chi connectivity index (χ0n) is 17.6. The summed E-state index contributed by atoms with van der Waals surface area (Å²) in [4.78, 5) is 32.9. The van der Waals surface area contributed by atoms with Crippen molar-refractivity contribution in [3.05, 3.63) is 58.8 Å². The Labute approximate surface area is 187 Å². The van der Waals surface area contributed by atoms with Gasteiger partial charge in [-0.25, -0.2) is 4.98 Å². The molecule has 12 nitrogen and oxygen atoms in total. The maximum Gasteiger partial charge on any atom is 0.373 e. The van der Waals surface area contributed by atoms with E-state index in [2.05, 4.69) is 9.97 Å². The summed E-state index contributed by atoms with van der Waals surface area (Å²) >= 11 is 0. The molecule has 12 heteroatoms. The highest BCUT2D eigenvalue weighted by Crippen LogP contribution is 2.40. The number of hydrogen-bond acceptors (Lipinski definition) is 11. The number of esters is 1.